The van der Waals surface area contributed by atoms with Gasteiger partial charge < -0.3 is 9.63 Å². The lowest BCUT2D eigenvalue weighted by Gasteiger charge is -1.99. The molecule has 0 bridgehead atoms. The zero-order chi connectivity index (χ0) is 14.1. The monoisotopic (exact) mass is 287 g/mol. The van der Waals surface area contributed by atoms with Gasteiger partial charge in [-0.1, -0.05) is 22.8 Å². The second kappa shape index (κ2) is 4.94. The molecule has 0 spiro atoms. The summed E-state index contributed by atoms with van der Waals surface area (Å²) in [5.41, 5.74) is 2.01. The zero-order valence-corrected chi connectivity index (χ0v) is 11.3. The lowest BCUT2D eigenvalue weighted by Crippen LogP contribution is -1.85. The van der Waals surface area contributed by atoms with Crippen LogP contribution in [0.2, 0.25) is 5.02 Å². The predicted molar refractivity (Wildman–Crippen MR) is 74.4 cm³/mol. The van der Waals surface area contributed by atoms with Crippen LogP contribution in [0.4, 0.5) is 0 Å². The maximum absolute atomic E-state index is 9.70. The zero-order valence-electron chi connectivity index (χ0n) is 10.5. The van der Waals surface area contributed by atoms with Crippen molar-refractivity contribution in [1.82, 2.24) is 15.1 Å². The molecule has 0 saturated heterocycles. The highest BCUT2D eigenvalue weighted by Crippen LogP contribution is 2.26. The Bertz CT molecular complexity index is 753. The Morgan fingerprint density at radius 1 is 1.20 bits per heavy atom. The van der Waals surface area contributed by atoms with E-state index in [1.54, 1.807) is 24.3 Å². The molecule has 2 aromatic heterocycles. The van der Waals surface area contributed by atoms with Gasteiger partial charge in [-0.25, -0.2) is 0 Å². The Morgan fingerprint density at radius 3 is 2.75 bits per heavy atom. The summed E-state index contributed by atoms with van der Waals surface area (Å²) in [5, 5.41) is 14.1. The number of phenols is 1. The normalized spacial score (nSPS) is 10.7. The van der Waals surface area contributed by atoms with Crippen LogP contribution in [-0.2, 0) is 0 Å². The van der Waals surface area contributed by atoms with Crippen LogP contribution in [-0.4, -0.2) is 20.2 Å². The minimum atomic E-state index is 0.187. The van der Waals surface area contributed by atoms with E-state index in [9.17, 15) is 5.11 Å². The second-order valence-electron chi connectivity index (χ2n) is 4.29. The van der Waals surface area contributed by atoms with E-state index in [1.807, 2.05) is 13.0 Å². The van der Waals surface area contributed by atoms with Crippen LogP contribution < -0.4 is 0 Å². The molecule has 100 valence electrons. The van der Waals surface area contributed by atoms with E-state index >= 15 is 0 Å². The van der Waals surface area contributed by atoms with Crippen molar-refractivity contribution in [2.24, 2.45) is 0 Å². The third-order valence-electron chi connectivity index (χ3n) is 2.84. The van der Waals surface area contributed by atoms with Crippen LogP contribution in [0.1, 0.15) is 5.56 Å². The van der Waals surface area contributed by atoms with Gasteiger partial charge in [0.2, 0.25) is 5.82 Å². The molecular weight excluding hydrogens is 278 g/mol. The molecule has 0 radical (unpaired) electrons. The average molecular weight is 288 g/mol. The molecule has 6 heteroatoms. The van der Waals surface area contributed by atoms with Gasteiger partial charge in [-0.05, 0) is 36.8 Å². The van der Waals surface area contributed by atoms with Crippen LogP contribution in [0.25, 0.3) is 23.0 Å². The van der Waals surface area contributed by atoms with Crippen molar-refractivity contribution in [2.45, 2.75) is 6.92 Å². The third-order valence-corrected chi connectivity index (χ3v) is 3.06. The highest BCUT2D eigenvalue weighted by atomic mass is 35.5. The Kier molecular flexibility index (Phi) is 3.12. The summed E-state index contributed by atoms with van der Waals surface area (Å²) >= 11 is 5.78. The van der Waals surface area contributed by atoms with Gasteiger partial charge in [0.25, 0.3) is 5.89 Å². The molecule has 2 heterocycles. The van der Waals surface area contributed by atoms with Crippen LogP contribution >= 0.6 is 11.6 Å². The smallest absolute Gasteiger partial charge is 0.258 e. The van der Waals surface area contributed by atoms with Gasteiger partial charge in [-0.15, -0.1) is 0 Å². The molecule has 0 aliphatic rings. The fraction of sp³-hybridized carbons (Fsp3) is 0.0714. The van der Waals surface area contributed by atoms with Crippen molar-refractivity contribution >= 4 is 11.6 Å². The maximum Gasteiger partial charge on any atom is 0.258 e. The first-order valence-electron chi connectivity index (χ1n) is 5.89. The van der Waals surface area contributed by atoms with E-state index in [2.05, 4.69) is 15.1 Å². The van der Waals surface area contributed by atoms with Gasteiger partial charge in [0.05, 0.1) is 5.02 Å². The quantitative estimate of drug-likeness (QED) is 0.781. The fourth-order valence-corrected chi connectivity index (χ4v) is 1.81. The number of nitrogens with zero attached hydrogens (tertiary/aromatic N) is 3. The van der Waals surface area contributed by atoms with Crippen molar-refractivity contribution in [1.29, 1.82) is 0 Å². The van der Waals surface area contributed by atoms with Gasteiger partial charge in [0, 0.05) is 11.8 Å². The number of halogens is 1. The largest absolute Gasteiger partial charge is 0.508 e. The summed E-state index contributed by atoms with van der Waals surface area (Å²) in [6.45, 7) is 1.82. The Labute approximate surface area is 119 Å². The van der Waals surface area contributed by atoms with Crippen LogP contribution in [0.3, 0.4) is 0 Å². The molecular formula is C14H10ClN3O2. The average Bonchev–Trinajstić information content (AvgIpc) is 2.92. The summed E-state index contributed by atoms with van der Waals surface area (Å²) in [6, 6.07) is 8.60. The van der Waals surface area contributed by atoms with E-state index in [1.165, 1.54) is 6.20 Å². The summed E-state index contributed by atoms with van der Waals surface area (Å²) in [7, 11) is 0. The number of hydrogen-bond donors (Lipinski definition) is 1. The minimum absolute atomic E-state index is 0.187. The molecule has 1 aromatic carbocycles. The molecule has 0 atom stereocenters. The number of hydrogen-bond acceptors (Lipinski definition) is 5. The summed E-state index contributed by atoms with van der Waals surface area (Å²) in [5.74, 6) is 0.885. The number of aryl methyl sites for hydroxylation is 1. The van der Waals surface area contributed by atoms with Gasteiger partial charge in [-0.3, -0.25) is 4.98 Å². The van der Waals surface area contributed by atoms with Crippen LogP contribution in [0.5, 0.6) is 5.75 Å². The molecule has 1 N–H and O–H groups in total. The molecule has 5 nitrogen and oxygen atoms in total. The maximum atomic E-state index is 9.70. The van der Waals surface area contributed by atoms with Gasteiger partial charge in [0.15, 0.2) is 0 Å². The summed E-state index contributed by atoms with van der Waals surface area (Å²) in [4.78, 5) is 8.38. The summed E-state index contributed by atoms with van der Waals surface area (Å²) < 4.78 is 5.19. The lowest BCUT2D eigenvalue weighted by molar-refractivity contribution is 0.431. The standard InChI is InChI=1S/C14H10ClN3O2/c1-8-2-3-9(6-12(8)19)14-17-13(18-20-14)11-5-4-10(15)7-16-11/h2-7,19H,1H3. The topological polar surface area (TPSA) is 72.0 Å². The minimum Gasteiger partial charge on any atom is -0.508 e. The number of benzene rings is 1. The molecule has 0 aliphatic carbocycles. The fourth-order valence-electron chi connectivity index (χ4n) is 1.70. The second-order valence-corrected chi connectivity index (χ2v) is 4.72. The Morgan fingerprint density at radius 2 is 2.05 bits per heavy atom. The highest BCUT2D eigenvalue weighted by Gasteiger charge is 2.12. The van der Waals surface area contributed by atoms with Crippen molar-refractivity contribution < 1.29 is 9.63 Å². The SMILES string of the molecule is Cc1ccc(-c2nc(-c3ccc(Cl)cn3)no2)cc1O. The third kappa shape index (κ3) is 2.35. The molecule has 0 saturated carbocycles. The van der Waals surface area contributed by atoms with Crippen LogP contribution in [0.15, 0.2) is 41.1 Å². The first-order chi connectivity index (χ1) is 9.63. The number of phenolic OH excluding ortho intramolecular Hbond substituents is 1. The number of rotatable bonds is 2. The van der Waals surface area contributed by atoms with Gasteiger partial charge in [0.1, 0.15) is 11.4 Å². The Hall–Kier alpha value is -2.40. The van der Waals surface area contributed by atoms with E-state index in [0.29, 0.717) is 28.0 Å². The molecule has 0 unspecified atom stereocenters. The molecule has 3 aromatic rings. The molecule has 3 rings (SSSR count). The van der Waals surface area contributed by atoms with Gasteiger partial charge >= 0.3 is 0 Å². The van der Waals surface area contributed by atoms with Crippen molar-refractivity contribution in [3.63, 3.8) is 0 Å². The first-order valence-corrected chi connectivity index (χ1v) is 6.27. The highest BCUT2D eigenvalue weighted by molar-refractivity contribution is 6.30. The first kappa shape index (κ1) is 12.6. The van der Waals surface area contributed by atoms with Crippen LogP contribution in [0, 0.1) is 6.92 Å². The van der Waals surface area contributed by atoms with Crippen molar-refractivity contribution in [3.05, 3.63) is 47.1 Å². The van der Waals surface area contributed by atoms with E-state index in [-0.39, 0.29) is 5.75 Å². The number of pyridine rings is 1. The Balaban J connectivity index is 1.97. The molecule has 0 aliphatic heterocycles. The summed E-state index contributed by atoms with van der Waals surface area (Å²) in [6.07, 6.45) is 1.52. The van der Waals surface area contributed by atoms with Crippen molar-refractivity contribution in [3.8, 4) is 28.7 Å². The molecule has 0 fully saturated rings. The number of aromatic nitrogens is 3. The van der Waals surface area contributed by atoms with Gasteiger partial charge in [-0.2, -0.15) is 4.98 Å². The number of aromatic hydroxyl groups is 1. The van der Waals surface area contributed by atoms with E-state index < -0.39 is 0 Å². The van der Waals surface area contributed by atoms with E-state index in [4.69, 9.17) is 16.1 Å². The van der Waals surface area contributed by atoms with E-state index in [0.717, 1.165) is 5.56 Å². The molecule has 20 heavy (non-hydrogen) atoms. The lowest BCUT2D eigenvalue weighted by atomic mass is 10.1. The predicted octanol–water partition coefficient (Wildman–Crippen LogP) is 3.47. The van der Waals surface area contributed by atoms with Crippen molar-refractivity contribution in [2.75, 3.05) is 0 Å². The molecule has 0 amide bonds.